The highest BCUT2D eigenvalue weighted by atomic mass is 35.5. The monoisotopic (exact) mass is 501 g/mol. The van der Waals surface area contributed by atoms with Crippen LogP contribution in [-0.4, -0.2) is 36.4 Å². The second-order valence-electron chi connectivity index (χ2n) is 7.47. The average Bonchev–Trinajstić information content (AvgIpc) is 3.28. The summed E-state index contributed by atoms with van der Waals surface area (Å²) in [5.41, 5.74) is 2.34. The van der Waals surface area contributed by atoms with E-state index < -0.39 is 17.9 Å². The number of ether oxygens (including phenoxy) is 3. The Morgan fingerprint density at radius 3 is 2.41 bits per heavy atom. The maximum absolute atomic E-state index is 12.7. The molecule has 176 valence electrons. The Labute approximate surface area is 206 Å². The zero-order valence-electron chi connectivity index (χ0n) is 18.1. The van der Waals surface area contributed by atoms with E-state index in [9.17, 15) is 14.7 Å². The van der Waals surface area contributed by atoms with Crippen LogP contribution in [0.15, 0.2) is 54.6 Å². The molecule has 0 radical (unpaired) electrons. The van der Waals surface area contributed by atoms with Gasteiger partial charge in [-0.25, -0.2) is 4.79 Å². The van der Waals surface area contributed by atoms with Gasteiger partial charge in [-0.05, 0) is 42.3 Å². The van der Waals surface area contributed by atoms with E-state index in [-0.39, 0.29) is 28.8 Å². The number of carbonyl (C=O) groups excluding carboxylic acids is 1. The Hall–Kier alpha value is -3.42. The number of hydrogen-bond acceptors (Lipinski definition) is 5. The molecule has 4 rings (SSSR count). The molecule has 1 aliphatic heterocycles. The van der Waals surface area contributed by atoms with Crippen molar-refractivity contribution in [3.05, 3.63) is 75.8 Å². The number of nitrogens with one attached hydrogen (secondary N) is 1. The zero-order chi connectivity index (χ0) is 24.2. The van der Waals surface area contributed by atoms with Crippen molar-refractivity contribution in [3.8, 4) is 28.4 Å². The first-order valence-corrected chi connectivity index (χ1v) is 11.3. The molecule has 7 nitrogen and oxygen atoms in total. The Kier molecular flexibility index (Phi) is 7.14. The maximum Gasteiger partial charge on any atom is 0.326 e. The molecular formula is C25H21Cl2NO6. The summed E-state index contributed by atoms with van der Waals surface area (Å²) in [6, 6.07) is 14.4. The minimum absolute atomic E-state index is 0.0380. The number of benzene rings is 3. The van der Waals surface area contributed by atoms with E-state index in [2.05, 4.69) is 5.32 Å². The fourth-order valence-corrected chi connectivity index (χ4v) is 4.26. The summed E-state index contributed by atoms with van der Waals surface area (Å²) in [6.07, 6.45) is 0.0637. The molecule has 3 aromatic rings. The lowest BCUT2D eigenvalue weighted by atomic mass is 9.98. The average molecular weight is 502 g/mol. The van der Waals surface area contributed by atoms with Crippen molar-refractivity contribution in [1.82, 2.24) is 5.32 Å². The second kappa shape index (κ2) is 10.2. The lowest BCUT2D eigenvalue weighted by Crippen LogP contribution is -2.42. The molecule has 2 N–H and O–H groups in total. The number of halogens is 2. The summed E-state index contributed by atoms with van der Waals surface area (Å²) < 4.78 is 16.9. The quantitative estimate of drug-likeness (QED) is 0.439. The van der Waals surface area contributed by atoms with Crippen molar-refractivity contribution in [3.63, 3.8) is 0 Å². The van der Waals surface area contributed by atoms with Crippen LogP contribution in [0.1, 0.15) is 22.8 Å². The number of amides is 1. The minimum atomic E-state index is -1.18. The lowest BCUT2D eigenvalue weighted by molar-refractivity contribution is -0.139. The molecule has 0 fully saturated rings. The van der Waals surface area contributed by atoms with E-state index >= 15 is 0 Å². The zero-order valence-corrected chi connectivity index (χ0v) is 19.7. The summed E-state index contributed by atoms with van der Waals surface area (Å²) in [5.74, 6) is 0.0656. The van der Waals surface area contributed by atoms with Gasteiger partial charge in [-0.2, -0.15) is 0 Å². The minimum Gasteiger partial charge on any atom is -0.493 e. The topological polar surface area (TPSA) is 94.1 Å². The fourth-order valence-electron chi connectivity index (χ4n) is 3.69. The van der Waals surface area contributed by atoms with Crippen LogP contribution in [0.25, 0.3) is 11.1 Å². The predicted molar refractivity (Wildman–Crippen MR) is 128 cm³/mol. The number of aliphatic carboxylic acids is 1. The third-order valence-electron chi connectivity index (χ3n) is 5.28. The van der Waals surface area contributed by atoms with Crippen molar-refractivity contribution >= 4 is 35.1 Å². The summed E-state index contributed by atoms with van der Waals surface area (Å²) in [7, 11) is 0. The molecule has 0 aromatic heterocycles. The van der Waals surface area contributed by atoms with E-state index in [1.54, 1.807) is 24.3 Å². The highest BCUT2D eigenvalue weighted by molar-refractivity contribution is 6.39. The first-order chi connectivity index (χ1) is 16.4. The van der Waals surface area contributed by atoms with E-state index in [0.717, 1.165) is 11.1 Å². The molecular weight excluding hydrogens is 481 g/mol. The fraction of sp³-hybridized carbons (Fsp3) is 0.200. The molecule has 9 heteroatoms. The highest BCUT2D eigenvalue weighted by Gasteiger charge is 2.25. The second-order valence-corrected chi connectivity index (χ2v) is 8.28. The molecule has 0 bridgehead atoms. The lowest BCUT2D eigenvalue weighted by Gasteiger charge is -2.17. The first kappa shape index (κ1) is 23.7. The van der Waals surface area contributed by atoms with Gasteiger partial charge >= 0.3 is 5.97 Å². The van der Waals surface area contributed by atoms with Crippen LogP contribution in [0.4, 0.5) is 0 Å². The predicted octanol–water partition coefficient (Wildman–Crippen LogP) is 5.21. The summed E-state index contributed by atoms with van der Waals surface area (Å²) >= 11 is 12.2. The smallest absolute Gasteiger partial charge is 0.326 e. The van der Waals surface area contributed by atoms with Crippen molar-refractivity contribution in [2.75, 3.05) is 13.4 Å². The number of fused-ring (bicyclic) bond motifs is 1. The van der Waals surface area contributed by atoms with Gasteiger partial charge in [0.2, 0.25) is 6.79 Å². The van der Waals surface area contributed by atoms with Crippen LogP contribution in [-0.2, 0) is 11.2 Å². The number of carboxylic acid groups (broad SMARTS) is 1. The van der Waals surface area contributed by atoms with Gasteiger partial charge in [0, 0.05) is 6.42 Å². The molecule has 3 aromatic carbocycles. The molecule has 0 saturated carbocycles. The van der Waals surface area contributed by atoms with Crippen LogP contribution < -0.4 is 19.5 Å². The first-order valence-electron chi connectivity index (χ1n) is 10.5. The van der Waals surface area contributed by atoms with Gasteiger partial charge < -0.3 is 24.6 Å². The van der Waals surface area contributed by atoms with Crippen LogP contribution >= 0.6 is 23.2 Å². The van der Waals surface area contributed by atoms with Crippen LogP contribution in [0.3, 0.4) is 0 Å². The van der Waals surface area contributed by atoms with E-state index in [1.807, 2.05) is 25.1 Å². The third kappa shape index (κ3) is 4.90. The van der Waals surface area contributed by atoms with Gasteiger partial charge in [0.15, 0.2) is 11.5 Å². The largest absolute Gasteiger partial charge is 0.493 e. The Balaban J connectivity index is 1.56. The molecule has 1 atom stereocenters. The van der Waals surface area contributed by atoms with E-state index in [0.29, 0.717) is 29.4 Å². The molecule has 1 aliphatic rings. The summed E-state index contributed by atoms with van der Waals surface area (Å²) in [4.78, 5) is 24.5. The molecule has 1 heterocycles. The van der Waals surface area contributed by atoms with E-state index in [4.69, 9.17) is 37.4 Å². The van der Waals surface area contributed by atoms with Crippen molar-refractivity contribution in [1.29, 1.82) is 0 Å². The van der Waals surface area contributed by atoms with Gasteiger partial charge in [0.1, 0.15) is 11.8 Å². The molecule has 0 aliphatic carbocycles. The van der Waals surface area contributed by atoms with Crippen molar-refractivity contribution in [2.45, 2.75) is 19.4 Å². The Morgan fingerprint density at radius 2 is 1.76 bits per heavy atom. The van der Waals surface area contributed by atoms with Crippen molar-refractivity contribution in [2.24, 2.45) is 0 Å². The van der Waals surface area contributed by atoms with Crippen LogP contribution in [0.5, 0.6) is 17.2 Å². The van der Waals surface area contributed by atoms with E-state index in [1.165, 1.54) is 12.1 Å². The van der Waals surface area contributed by atoms with Gasteiger partial charge in [0.25, 0.3) is 5.91 Å². The summed E-state index contributed by atoms with van der Waals surface area (Å²) in [5, 5.41) is 12.5. The molecule has 0 unspecified atom stereocenters. The highest BCUT2D eigenvalue weighted by Crippen LogP contribution is 2.47. The number of rotatable bonds is 8. The van der Waals surface area contributed by atoms with Gasteiger partial charge in [0.05, 0.1) is 27.8 Å². The number of hydrogen-bond donors (Lipinski definition) is 2. The van der Waals surface area contributed by atoms with Crippen LogP contribution in [0, 0.1) is 0 Å². The molecule has 0 saturated heterocycles. The summed E-state index contributed by atoms with van der Waals surface area (Å²) in [6.45, 7) is 2.51. The Bertz CT molecular complexity index is 1210. The maximum atomic E-state index is 12.7. The molecule has 1 amide bonds. The van der Waals surface area contributed by atoms with Gasteiger partial charge in [-0.3, -0.25) is 4.79 Å². The van der Waals surface area contributed by atoms with Gasteiger partial charge in [-0.1, -0.05) is 53.5 Å². The Morgan fingerprint density at radius 1 is 1.06 bits per heavy atom. The van der Waals surface area contributed by atoms with Crippen molar-refractivity contribution < 1.29 is 28.9 Å². The third-order valence-corrected chi connectivity index (χ3v) is 5.91. The number of carbonyl (C=O) groups is 2. The molecule has 0 spiro atoms. The SMILES string of the molecule is CCOc1ccc2c(c1-c1ccc(C[C@H](NC(=O)c3c(Cl)cccc3Cl)C(=O)O)cc1)OCO2. The van der Waals surface area contributed by atoms with Gasteiger partial charge in [-0.15, -0.1) is 0 Å². The van der Waals surface area contributed by atoms with Crippen LogP contribution in [0.2, 0.25) is 10.0 Å². The normalized spacial score (nSPS) is 12.8. The molecule has 34 heavy (non-hydrogen) atoms. The standard InChI is InChI=1S/C25H21Cl2NO6/c1-2-32-19-10-11-20-23(34-13-33-20)21(19)15-8-6-14(7-9-15)12-18(25(30)31)28-24(29)22-16(26)4-3-5-17(22)27/h3-11,18H,2,12-13H2,1H3,(H,28,29)(H,30,31)/t18-/m0/s1. The number of carboxylic acids is 1.